The topological polar surface area (TPSA) is 38.7 Å². The summed E-state index contributed by atoms with van der Waals surface area (Å²) in [5, 5.41) is 10.2. The van der Waals surface area contributed by atoms with Crippen molar-refractivity contribution in [2.24, 2.45) is 5.92 Å². The molecule has 1 N–H and O–H groups in total. The monoisotopic (exact) mass is 230 g/mol. The van der Waals surface area contributed by atoms with Crippen molar-refractivity contribution in [2.45, 2.75) is 64.8 Å². The number of ether oxygens (including phenoxy) is 2. The van der Waals surface area contributed by atoms with Crippen molar-refractivity contribution in [1.29, 1.82) is 0 Å². The van der Waals surface area contributed by atoms with Gasteiger partial charge in [0.25, 0.3) is 0 Å². The molecule has 0 aromatic rings. The highest BCUT2D eigenvalue weighted by atomic mass is 16.5. The molecule has 0 spiro atoms. The van der Waals surface area contributed by atoms with E-state index >= 15 is 0 Å². The molecule has 0 aromatic carbocycles. The van der Waals surface area contributed by atoms with Crippen molar-refractivity contribution in [2.75, 3.05) is 13.2 Å². The summed E-state index contributed by atoms with van der Waals surface area (Å²) in [6.07, 6.45) is 1.28. The van der Waals surface area contributed by atoms with Crippen LogP contribution < -0.4 is 0 Å². The van der Waals surface area contributed by atoms with Crippen molar-refractivity contribution >= 4 is 0 Å². The molecule has 2 unspecified atom stereocenters. The van der Waals surface area contributed by atoms with E-state index in [1.807, 2.05) is 6.92 Å². The Morgan fingerprint density at radius 2 is 2.00 bits per heavy atom. The molecule has 3 heteroatoms. The fraction of sp³-hybridized carbons (Fsp3) is 1.00. The van der Waals surface area contributed by atoms with Crippen LogP contribution in [0.5, 0.6) is 0 Å². The van der Waals surface area contributed by atoms with E-state index in [0.29, 0.717) is 19.6 Å². The second-order valence-electron chi connectivity index (χ2n) is 5.83. The number of rotatable bonds is 5. The van der Waals surface area contributed by atoms with E-state index in [2.05, 4.69) is 27.7 Å². The average Bonchev–Trinajstić information content (AvgIpc) is 2.34. The fourth-order valence-corrected chi connectivity index (χ4v) is 2.75. The van der Waals surface area contributed by atoms with Crippen molar-refractivity contribution in [3.8, 4) is 0 Å². The van der Waals surface area contributed by atoms with E-state index in [1.165, 1.54) is 0 Å². The summed E-state index contributed by atoms with van der Waals surface area (Å²) in [6, 6.07) is 0. The predicted molar refractivity (Wildman–Crippen MR) is 64.5 cm³/mol. The molecule has 0 bridgehead atoms. The molecule has 0 aromatic heterocycles. The van der Waals surface area contributed by atoms with Crippen LogP contribution in [-0.4, -0.2) is 35.6 Å². The van der Waals surface area contributed by atoms with Crippen LogP contribution in [0.4, 0.5) is 0 Å². The summed E-state index contributed by atoms with van der Waals surface area (Å²) in [6.45, 7) is 11.6. The number of hydrogen-bond acceptors (Lipinski definition) is 3. The van der Waals surface area contributed by atoms with Crippen LogP contribution in [0.1, 0.15) is 47.5 Å². The summed E-state index contributed by atoms with van der Waals surface area (Å²) >= 11 is 0. The van der Waals surface area contributed by atoms with Crippen molar-refractivity contribution < 1.29 is 14.6 Å². The van der Waals surface area contributed by atoms with Gasteiger partial charge in [0, 0.05) is 19.1 Å². The van der Waals surface area contributed by atoms with Gasteiger partial charge in [-0.15, -0.1) is 0 Å². The molecule has 0 aliphatic carbocycles. The van der Waals surface area contributed by atoms with Crippen molar-refractivity contribution in [3.63, 3.8) is 0 Å². The van der Waals surface area contributed by atoms with E-state index < -0.39 is 0 Å². The Bertz CT molecular complexity index is 223. The lowest BCUT2D eigenvalue weighted by Gasteiger charge is -2.30. The smallest absolute Gasteiger partial charge is 0.0687 e. The van der Waals surface area contributed by atoms with Gasteiger partial charge >= 0.3 is 0 Å². The van der Waals surface area contributed by atoms with E-state index in [9.17, 15) is 5.11 Å². The molecule has 1 aliphatic heterocycles. The van der Waals surface area contributed by atoms with Crippen molar-refractivity contribution in [1.82, 2.24) is 0 Å². The first kappa shape index (κ1) is 13.9. The van der Waals surface area contributed by atoms with Gasteiger partial charge in [0.05, 0.1) is 17.3 Å². The largest absolute Gasteiger partial charge is 0.393 e. The van der Waals surface area contributed by atoms with Gasteiger partial charge in [-0.3, -0.25) is 0 Å². The normalized spacial score (nSPS) is 29.2. The number of aliphatic hydroxyl groups is 1. The summed E-state index contributed by atoms with van der Waals surface area (Å²) in [5.41, 5.74) is -0.365. The van der Waals surface area contributed by atoms with Crippen LogP contribution in [0.3, 0.4) is 0 Å². The molecular formula is C13H26O3. The maximum absolute atomic E-state index is 10.2. The lowest BCUT2D eigenvalue weighted by molar-refractivity contribution is -0.0896. The van der Waals surface area contributed by atoms with Crippen molar-refractivity contribution in [3.05, 3.63) is 0 Å². The Labute approximate surface area is 99.1 Å². The third-order valence-electron chi connectivity index (χ3n) is 3.37. The minimum absolute atomic E-state index is 0.124. The van der Waals surface area contributed by atoms with Crippen LogP contribution in [0, 0.1) is 5.92 Å². The lowest BCUT2D eigenvalue weighted by Crippen LogP contribution is -2.36. The van der Waals surface area contributed by atoms with Crippen LogP contribution >= 0.6 is 0 Å². The Morgan fingerprint density at radius 1 is 1.38 bits per heavy atom. The zero-order valence-corrected chi connectivity index (χ0v) is 11.2. The van der Waals surface area contributed by atoms with Gasteiger partial charge in [-0.1, -0.05) is 0 Å². The highest BCUT2D eigenvalue weighted by molar-refractivity contribution is 4.97. The fourth-order valence-electron chi connectivity index (χ4n) is 2.75. The molecular weight excluding hydrogens is 204 g/mol. The van der Waals surface area contributed by atoms with Gasteiger partial charge in [-0.05, 0) is 47.5 Å². The number of hydrogen-bond donors (Lipinski definition) is 1. The zero-order chi connectivity index (χ0) is 12.4. The van der Waals surface area contributed by atoms with Gasteiger partial charge in [0.15, 0.2) is 0 Å². The maximum Gasteiger partial charge on any atom is 0.0687 e. The SMILES string of the molecule is CCOCCC(O)C1CC(C)(C)OC1(C)C. The van der Waals surface area contributed by atoms with Crippen LogP contribution in [0.2, 0.25) is 0 Å². The average molecular weight is 230 g/mol. The van der Waals surface area contributed by atoms with Gasteiger partial charge in [0.2, 0.25) is 0 Å². The lowest BCUT2D eigenvalue weighted by atomic mass is 9.82. The number of aliphatic hydroxyl groups excluding tert-OH is 1. The van der Waals surface area contributed by atoms with E-state index in [4.69, 9.17) is 9.47 Å². The molecule has 1 aliphatic rings. The minimum atomic E-state index is -0.330. The highest BCUT2D eigenvalue weighted by Gasteiger charge is 2.48. The molecule has 2 atom stereocenters. The van der Waals surface area contributed by atoms with Crippen LogP contribution in [0.25, 0.3) is 0 Å². The third-order valence-corrected chi connectivity index (χ3v) is 3.37. The molecule has 3 nitrogen and oxygen atoms in total. The minimum Gasteiger partial charge on any atom is -0.393 e. The van der Waals surface area contributed by atoms with Crippen LogP contribution in [0.15, 0.2) is 0 Å². The molecule has 0 radical (unpaired) electrons. The molecule has 1 heterocycles. The maximum atomic E-state index is 10.2. The molecule has 1 saturated heterocycles. The molecule has 1 rings (SSSR count). The second-order valence-corrected chi connectivity index (χ2v) is 5.83. The summed E-state index contributed by atoms with van der Waals surface area (Å²) in [7, 11) is 0. The Balaban J connectivity index is 2.52. The van der Waals surface area contributed by atoms with E-state index in [0.717, 1.165) is 6.42 Å². The summed E-state index contributed by atoms with van der Waals surface area (Å²) < 4.78 is 11.3. The van der Waals surface area contributed by atoms with Gasteiger partial charge in [-0.2, -0.15) is 0 Å². The first-order valence-corrected chi connectivity index (χ1v) is 6.24. The first-order chi connectivity index (χ1) is 7.28. The van der Waals surface area contributed by atoms with Gasteiger partial charge in [0.1, 0.15) is 0 Å². The van der Waals surface area contributed by atoms with E-state index in [-0.39, 0.29) is 23.2 Å². The molecule has 96 valence electrons. The third kappa shape index (κ3) is 3.44. The molecule has 0 amide bonds. The zero-order valence-electron chi connectivity index (χ0n) is 11.2. The first-order valence-electron chi connectivity index (χ1n) is 6.24. The Morgan fingerprint density at radius 3 is 2.44 bits per heavy atom. The van der Waals surface area contributed by atoms with Gasteiger partial charge < -0.3 is 14.6 Å². The summed E-state index contributed by atoms with van der Waals surface area (Å²) in [4.78, 5) is 0. The molecule has 16 heavy (non-hydrogen) atoms. The molecule has 1 fully saturated rings. The Hall–Kier alpha value is -0.120. The second kappa shape index (κ2) is 5.03. The highest BCUT2D eigenvalue weighted by Crippen LogP contribution is 2.44. The van der Waals surface area contributed by atoms with E-state index in [1.54, 1.807) is 0 Å². The molecule has 0 saturated carbocycles. The standard InChI is InChI=1S/C13H26O3/c1-6-15-8-7-11(14)10-9-12(2,3)16-13(10,4)5/h10-11,14H,6-9H2,1-5H3. The Kier molecular flexibility index (Phi) is 4.38. The summed E-state index contributed by atoms with van der Waals surface area (Å²) in [5.74, 6) is 0.197. The van der Waals surface area contributed by atoms with Gasteiger partial charge in [-0.25, -0.2) is 0 Å². The van der Waals surface area contributed by atoms with Crippen LogP contribution in [-0.2, 0) is 9.47 Å². The quantitative estimate of drug-likeness (QED) is 0.737. The predicted octanol–water partition coefficient (Wildman–Crippen LogP) is 2.37.